The maximum atomic E-state index is 12.4. The molecule has 1 atom stereocenters. The van der Waals surface area contributed by atoms with Crippen molar-refractivity contribution in [1.29, 1.82) is 0 Å². The summed E-state index contributed by atoms with van der Waals surface area (Å²) in [6, 6.07) is 7.44. The highest BCUT2D eigenvalue weighted by Crippen LogP contribution is 2.29. The second-order valence-electron chi connectivity index (χ2n) is 7.14. The standard InChI is InChI=1S/C19H28ClN3O3/c1-4-23(11-17(24)25)14-9-13(10-14)21-19(26)22-18(12(2)3)15-7-5-6-8-16(15)20/h5-8,12-14,18H,4,9-11H2,1-3H3,(H,24,25)(H2,21,22,26). The summed E-state index contributed by atoms with van der Waals surface area (Å²) < 4.78 is 0. The van der Waals surface area contributed by atoms with E-state index < -0.39 is 5.97 Å². The minimum absolute atomic E-state index is 0.0437. The van der Waals surface area contributed by atoms with Crippen LogP contribution in [0.2, 0.25) is 5.02 Å². The summed E-state index contributed by atoms with van der Waals surface area (Å²) >= 11 is 6.28. The summed E-state index contributed by atoms with van der Waals surface area (Å²) in [5.74, 6) is -0.624. The van der Waals surface area contributed by atoms with Gasteiger partial charge in [-0.05, 0) is 36.9 Å². The van der Waals surface area contributed by atoms with Crippen molar-refractivity contribution in [3.05, 3.63) is 34.9 Å². The van der Waals surface area contributed by atoms with Crippen LogP contribution in [0.15, 0.2) is 24.3 Å². The lowest BCUT2D eigenvalue weighted by Gasteiger charge is -2.42. The Morgan fingerprint density at radius 1 is 1.31 bits per heavy atom. The Balaban J connectivity index is 1.87. The van der Waals surface area contributed by atoms with E-state index in [-0.39, 0.29) is 36.6 Å². The van der Waals surface area contributed by atoms with Gasteiger partial charge in [0.05, 0.1) is 12.6 Å². The zero-order chi connectivity index (χ0) is 19.3. The first-order valence-electron chi connectivity index (χ1n) is 9.09. The molecule has 1 aliphatic rings. The molecule has 1 aromatic rings. The molecule has 0 aromatic heterocycles. The highest BCUT2D eigenvalue weighted by Gasteiger charge is 2.35. The summed E-state index contributed by atoms with van der Waals surface area (Å²) in [6.07, 6.45) is 1.54. The zero-order valence-electron chi connectivity index (χ0n) is 15.5. The minimum Gasteiger partial charge on any atom is -0.480 e. The Kier molecular flexibility index (Phi) is 7.29. The summed E-state index contributed by atoms with van der Waals surface area (Å²) in [5.41, 5.74) is 0.907. The van der Waals surface area contributed by atoms with E-state index in [0.717, 1.165) is 18.4 Å². The second kappa shape index (κ2) is 9.24. The van der Waals surface area contributed by atoms with Gasteiger partial charge in [-0.1, -0.05) is 50.6 Å². The fourth-order valence-electron chi connectivity index (χ4n) is 3.38. The molecular weight excluding hydrogens is 354 g/mol. The number of urea groups is 1. The third-order valence-electron chi connectivity index (χ3n) is 4.90. The molecule has 1 unspecified atom stereocenters. The van der Waals surface area contributed by atoms with E-state index in [2.05, 4.69) is 10.6 Å². The quantitative estimate of drug-likeness (QED) is 0.645. The Morgan fingerprint density at radius 2 is 1.96 bits per heavy atom. The van der Waals surface area contributed by atoms with E-state index in [1.165, 1.54) is 0 Å². The average Bonchev–Trinajstić information content (AvgIpc) is 2.54. The molecule has 0 bridgehead atoms. The molecule has 7 heteroatoms. The van der Waals surface area contributed by atoms with Gasteiger partial charge in [-0.2, -0.15) is 0 Å². The number of benzene rings is 1. The fourth-order valence-corrected chi connectivity index (χ4v) is 3.63. The largest absolute Gasteiger partial charge is 0.480 e. The first-order chi connectivity index (χ1) is 12.3. The molecule has 0 aliphatic heterocycles. The van der Waals surface area contributed by atoms with Crippen LogP contribution in [0.1, 0.15) is 45.2 Å². The summed E-state index contributed by atoms with van der Waals surface area (Å²) in [7, 11) is 0. The van der Waals surface area contributed by atoms with Crippen LogP contribution < -0.4 is 10.6 Å². The lowest BCUT2D eigenvalue weighted by Crippen LogP contribution is -2.56. The molecule has 1 fully saturated rings. The van der Waals surface area contributed by atoms with Gasteiger partial charge >= 0.3 is 12.0 Å². The van der Waals surface area contributed by atoms with E-state index in [9.17, 15) is 9.59 Å². The van der Waals surface area contributed by atoms with Crippen LogP contribution in [-0.2, 0) is 4.79 Å². The number of hydrogen-bond acceptors (Lipinski definition) is 3. The van der Waals surface area contributed by atoms with Gasteiger partial charge in [0.2, 0.25) is 0 Å². The number of nitrogens with one attached hydrogen (secondary N) is 2. The number of halogens is 1. The minimum atomic E-state index is -0.819. The Morgan fingerprint density at radius 3 is 2.50 bits per heavy atom. The molecule has 0 spiro atoms. The number of likely N-dealkylation sites (N-methyl/N-ethyl adjacent to an activating group) is 1. The SMILES string of the molecule is CCN(CC(=O)O)C1CC(NC(=O)NC(c2ccccc2Cl)C(C)C)C1. The number of hydrogen-bond donors (Lipinski definition) is 3. The third kappa shape index (κ3) is 5.35. The lowest BCUT2D eigenvalue weighted by molar-refractivity contribution is -0.139. The molecule has 2 amide bonds. The van der Waals surface area contributed by atoms with Crippen LogP contribution >= 0.6 is 11.6 Å². The molecular formula is C19H28ClN3O3. The van der Waals surface area contributed by atoms with Crippen molar-refractivity contribution in [3.63, 3.8) is 0 Å². The molecule has 1 aromatic carbocycles. The molecule has 144 valence electrons. The number of carbonyl (C=O) groups is 2. The molecule has 0 radical (unpaired) electrons. The number of amides is 2. The molecule has 0 heterocycles. The first-order valence-corrected chi connectivity index (χ1v) is 9.46. The van der Waals surface area contributed by atoms with Crippen LogP contribution in [0.25, 0.3) is 0 Å². The van der Waals surface area contributed by atoms with Crippen molar-refractivity contribution in [2.75, 3.05) is 13.1 Å². The molecule has 26 heavy (non-hydrogen) atoms. The highest BCUT2D eigenvalue weighted by atomic mass is 35.5. The number of carbonyl (C=O) groups excluding carboxylic acids is 1. The summed E-state index contributed by atoms with van der Waals surface area (Å²) in [5, 5.41) is 15.6. The van der Waals surface area contributed by atoms with Gasteiger partial charge in [0.25, 0.3) is 0 Å². The fraction of sp³-hybridized carbons (Fsp3) is 0.579. The van der Waals surface area contributed by atoms with Gasteiger partial charge in [-0.15, -0.1) is 0 Å². The predicted octanol–water partition coefficient (Wildman–Crippen LogP) is 3.27. The molecule has 1 saturated carbocycles. The van der Waals surface area contributed by atoms with Crippen molar-refractivity contribution in [1.82, 2.24) is 15.5 Å². The van der Waals surface area contributed by atoms with E-state index in [1.807, 2.05) is 49.9 Å². The van der Waals surface area contributed by atoms with Gasteiger partial charge in [0.1, 0.15) is 0 Å². The van der Waals surface area contributed by atoms with E-state index in [1.54, 1.807) is 0 Å². The number of nitrogens with zero attached hydrogens (tertiary/aromatic N) is 1. The van der Waals surface area contributed by atoms with Crippen LogP contribution in [0.5, 0.6) is 0 Å². The maximum absolute atomic E-state index is 12.4. The van der Waals surface area contributed by atoms with Crippen molar-refractivity contribution < 1.29 is 14.7 Å². The van der Waals surface area contributed by atoms with Crippen LogP contribution in [0.3, 0.4) is 0 Å². The van der Waals surface area contributed by atoms with Crippen LogP contribution in [-0.4, -0.2) is 47.2 Å². The van der Waals surface area contributed by atoms with Crippen molar-refractivity contribution >= 4 is 23.6 Å². The Hall–Kier alpha value is -1.79. The summed E-state index contributed by atoms with van der Waals surface area (Å²) in [4.78, 5) is 25.2. The Bertz CT molecular complexity index is 632. The average molecular weight is 382 g/mol. The van der Waals surface area contributed by atoms with Gasteiger partial charge in [-0.3, -0.25) is 9.69 Å². The highest BCUT2D eigenvalue weighted by molar-refractivity contribution is 6.31. The van der Waals surface area contributed by atoms with Crippen molar-refractivity contribution in [2.24, 2.45) is 5.92 Å². The maximum Gasteiger partial charge on any atom is 0.317 e. The molecule has 6 nitrogen and oxygen atoms in total. The van der Waals surface area contributed by atoms with E-state index in [0.29, 0.717) is 11.6 Å². The molecule has 3 N–H and O–H groups in total. The number of carboxylic acids is 1. The van der Waals surface area contributed by atoms with Crippen molar-refractivity contribution in [3.8, 4) is 0 Å². The second-order valence-corrected chi connectivity index (χ2v) is 7.55. The smallest absolute Gasteiger partial charge is 0.317 e. The number of carboxylic acid groups (broad SMARTS) is 1. The first kappa shape index (κ1) is 20.5. The lowest BCUT2D eigenvalue weighted by atomic mass is 9.85. The zero-order valence-corrected chi connectivity index (χ0v) is 16.3. The number of rotatable bonds is 8. The van der Waals surface area contributed by atoms with E-state index >= 15 is 0 Å². The van der Waals surface area contributed by atoms with Gasteiger partial charge in [0, 0.05) is 17.1 Å². The molecule has 2 rings (SSSR count). The normalized spacial score (nSPS) is 20.5. The molecule has 0 saturated heterocycles. The van der Waals surface area contributed by atoms with Crippen LogP contribution in [0, 0.1) is 5.92 Å². The monoisotopic (exact) mass is 381 g/mol. The summed E-state index contributed by atoms with van der Waals surface area (Å²) in [6.45, 7) is 6.77. The third-order valence-corrected chi connectivity index (χ3v) is 5.25. The predicted molar refractivity (Wildman–Crippen MR) is 102 cm³/mol. The van der Waals surface area contributed by atoms with E-state index in [4.69, 9.17) is 16.7 Å². The van der Waals surface area contributed by atoms with Crippen LogP contribution in [0.4, 0.5) is 4.79 Å². The van der Waals surface area contributed by atoms with Gasteiger partial charge < -0.3 is 15.7 Å². The number of aliphatic carboxylic acids is 1. The van der Waals surface area contributed by atoms with Crippen molar-refractivity contribution in [2.45, 2.75) is 51.7 Å². The Labute approximate surface area is 159 Å². The topological polar surface area (TPSA) is 81.7 Å². The molecule has 1 aliphatic carbocycles. The van der Waals surface area contributed by atoms with Gasteiger partial charge in [-0.25, -0.2) is 4.79 Å². The van der Waals surface area contributed by atoms with Gasteiger partial charge in [0.15, 0.2) is 0 Å².